The van der Waals surface area contributed by atoms with Crippen LogP contribution in [0.4, 0.5) is 5.69 Å². The smallest absolute Gasteiger partial charge is 0.271 e. The number of rotatable bonds is 5. The Balaban J connectivity index is 2.81. The Morgan fingerprint density at radius 3 is 2.62 bits per heavy atom. The van der Waals surface area contributed by atoms with Crippen LogP contribution < -0.4 is 11.1 Å². The molecule has 1 aromatic heterocycles. The Bertz CT molecular complexity index is 349. The van der Waals surface area contributed by atoms with Crippen LogP contribution in [-0.2, 0) is 0 Å². The summed E-state index contributed by atoms with van der Waals surface area (Å²) < 4.78 is 0. The molecule has 0 radical (unpaired) electrons. The zero-order valence-electron chi connectivity index (χ0n) is 9.58. The Labute approximate surface area is 94.2 Å². The van der Waals surface area contributed by atoms with Gasteiger partial charge in [0.1, 0.15) is 5.69 Å². The van der Waals surface area contributed by atoms with Crippen molar-refractivity contribution in [1.29, 1.82) is 0 Å². The summed E-state index contributed by atoms with van der Waals surface area (Å²) in [7, 11) is 0. The van der Waals surface area contributed by atoms with Crippen molar-refractivity contribution in [2.75, 3.05) is 12.3 Å². The molecule has 1 rings (SSSR count). The molecule has 1 heterocycles. The Morgan fingerprint density at radius 2 is 2.25 bits per heavy atom. The summed E-state index contributed by atoms with van der Waals surface area (Å²) in [6.45, 7) is 3.73. The molecule has 0 spiro atoms. The molecule has 1 amide bonds. The first kappa shape index (κ1) is 12.5. The molecule has 0 aliphatic heterocycles. The lowest BCUT2D eigenvalue weighted by Crippen LogP contribution is -2.50. The van der Waals surface area contributed by atoms with Gasteiger partial charge in [-0.25, -0.2) is 0 Å². The summed E-state index contributed by atoms with van der Waals surface area (Å²) in [4.78, 5) is 11.8. The SMILES string of the molecule is CCC(CC)(CO)NC(=O)c1[nH]ncc1N. The third-order valence-electron chi connectivity index (χ3n) is 2.93. The molecule has 0 saturated carbocycles. The van der Waals surface area contributed by atoms with Crippen molar-refractivity contribution in [3.8, 4) is 0 Å². The molecule has 1 aromatic rings. The molecule has 90 valence electrons. The van der Waals surface area contributed by atoms with E-state index < -0.39 is 5.54 Å². The van der Waals surface area contributed by atoms with Crippen LogP contribution in [0.15, 0.2) is 6.20 Å². The average molecular weight is 226 g/mol. The van der Waals surface area contributed by atoms with E-state index in [4.69, 9.17) is 5.73 Å². The second-order valence-electron chi connectivity index (χ2n) is 3.80. The molecule has 16 heavy (non-hydrogen) atoms. The van der Waals surface area contributed by atoms with Crippen molar-refractivity contribution < 1.29 is 9.90 Å². The van der Waals surface area contributed by atoms with Gasteiger partial charge >= 0.3 is 0 Å². The minimum absolute atomic E-state index is 0.0974. The first-order chi connectivity index (χ1) is 7.58. The maximum atomic E-state index is 11.8. The number of H-pyrrole nitrogens is 1. The summed E-state index contributed by atoms with van der Waals surface area (Å²) in [5.41, 5.74) is 5.52. The van der Waals surface area contributed by atoms with Crippen LogP contribution in [-0.4, -0.2) is 33.4 Å². The highest BCUT2D eigenvalue weighted by molar-refractivity contribution is 5.97. The molecule has 0 aromatic carbocycles. The monoisotopic (exact) mass is 226 g/mol. The number of aliphatic hydroxyl groups excluding tert-OH is 1. The number of nitrogen functional groups attached to an aromatic ring is 1. The molecule has 0 unspecified atom stereocenters. The van der Waals surface area contributed by atoms with Crippen LogP contribution in [0, 0.1) is 0 Å². The quantitative estimate of drug-likeness (QED) is 0.578. The number of nitrogens with zero attached hydrogens (tertiary/aromatic N) is 1. The van der Waals surface area contributed by atoms with Crippen LogP contribution >= 0.6 is 0 Å². The van der Waals surface area contributed by atoms with E-state index in [0.717, 1.165) is 0 Å². The van der Waals surface area contributed by atoms with Gasteiger partial charge < -0.3 is 16.2 Å². The molecular formula is C10H18N4O2. The Kier molecular flexibility index (Phi) is 3.89. The van der Waals surface area contributed by atoms with E-state index in [9.17, 15) is 9.90 Å². The average Bonchev–Trinajstić information content (AvgIpc) is 2.72. The number of carbonyl (C=O) groups is 1. The van der Waals surface area contributed by atoms with E-state index in [2.05, 4.69) is 15.5 Å². The number of aromatic nitrogens is 2. The van der Waals surface area contributed by atoms with Crippen molar-refractivity contribution in [1.82, 2.24) is 15.5 Å². The molecule has 0 bridgehead atoms. The van der Waals surface area contributed by atoms with Crippen molar-refractivity contribution in [2.24, 2.45) is 0 Å². The fraction of sp³-hybridized carbons (Fsp3) is 0.600. The fourth-order valence-electron chi connectivity index (χ4n) is 1.47. The van der Waals surface area contributed by atoms with E-state index in [1.165, 1.54) is 6.20 Å². The summed E-state index contributed by atoms with van der Waals surface area (Å²) in [5, 5.41) is 18.3. The number of hydrogen-bond donors (Lipinski definition) is 4. The topological polar surface area (TPSA) is 104 Å². The summed E-state index contributed by atoms with van der Waals surface area (Å²) in [6.07, 6.45) is 2.69. The third kappa shape index (κ3) is 2.33. The van der Waals surface area contributed by atoms with Gasteiger partial charge in [0.25, 0.3) is 5.91 Å². The van der Waals surface area contributed by atoms with Gasteiger partial charge in [0.2, 0.25) is 0 Å². The molecule has 0 fully saturated rings. The minimum atomic E-state index is -0.589. The van der Waals surface area contributed by atoms with Gasteiger partial charge in [0.15, 0.2) is 0 Å². The van der Waals surface area contributed by atoms with Gasteiger partial charge in [-0.1, -0.05) is 13.8 Å². The molecule has 6 nitrogen and oxygen atoms in total. The predicted molar refractivity (Wildman–Crippen MR) is 60.9 cm³/mol. The summed E-state index contributed by atoms with van der Waals surface area (Å²) in [6, 6.07) is 0. The normalized spacial score (nSPS) is 11.4. The zero-order chi connectivity index (χ0) is 12.2. The Hall–Kier alpha value is -1.56. The third-order valence-corrected chi connectivity index (χ3v) is 2.93. The van der Waals surface area contributed by atoms with Gasteiger partial charge in [-0.2, -0.15) is 5.10 Å². The van der Waals surface area contributed by atoms with E-state index in [1.54, 1.807) is 0 Å². The lowest BCUT2D eigenvalue weighted by molar-refractivity contribution is 0.0813. The van der Waals surface area contributed by atoms with E-state index in [1.807, 2.05) is 13.8 Å². The number of anilines is 1. The standard InChI is InChI=1S/C10H18N4O2/c1-3-10(4-2,6-15)13-9(16)8-7(11)5-12-14-8/h5,15H,3-4,6,11H2,1-2H3,(H,12,14)(H,13,16). The molecule has 6 heteroatoms. The number of hydrogen-bond acceptors (Lipinski definition) is 4. The van der Waals surface area contributed by atoms with Crippen molar-refractivity contribution >= 4 is 11.6 Å². The van der Waals surface area contributed by atoms with E-state index >= 15 is 0 Å². The second-order valence-corrected chi connectivity index (χ2v) is 3.80. The molecule has 0 aliphatic carbocycles. The van der Waals surface area contributed by atoms with Crippen LogP contribution in [0.2, 0.25) is 0 Å². The summed E-state index contributed by atoms with van der Waals surface area (Å²) in [5.74, 6) is -0.340. The van der Waals surface area contributed by atoms with Crippen LogP contribution in [0.3, 0.4) is 0 Å². The van der Waals surface area contributed by atoms with Gasteiger partial charge in [-0.3, -0.25) is 9.89 Å². The first-order valence-electron chi connectivity index (χ1n) is 5.30. The lowest BCUT2D eigenvalue weighted by Gasteiger charge is -2.30. The number of aliphatic hydroxyl groups is 1. The van der Waals surface area contributed by atoms with Crippen LogP contribution in [0.5, 0.6) is 0 Å². The van der Waals surface area contributed by atoms with E-state index in [0.29, 0.717) is 18.5 Å². The number of nitrogens with one attached hydrogen (secondary N) is 2. The highest BCUT2D eigenvalue weighted by atomic mass is 16.3. The maximum absolute atomic E-state index is 11.8. The van der Waals surface area contributed by atoms with Gasteiger partial charge in [0.05, 0.1) is 24.0 Å². The molecule has 0 atom stereocenters. The number of aromatic amines is 1. The second kappa shape index (κ2) is 4.98. The molecule has 0 saturated heterocycles. The molecule has 0 aliphatic rings. The van der Waals surface area contributed by atoms with Gasteiger partial charge in [-0.05, 0) is 12.8 Å². The largest absolute Gasteiger partial charge is 0.396 e. The number of amides is 1. The van der Waals surface area contributed by atoms with Gasteiger partial charge in [0, 0.05) is 0 Å². The maximum Gasteiger partial charge on any atom is 0.271 e. The van der Waals surface area contributed by atoms with Crippen molar-refractivity contribution in [3.63, 3.8) is 0 Å². The van der Waals surface area contributed by atoms with Crippen LogP contribution in [0.1, 0.15) is 37.2 Å². The number of carbonyl (C=O) groups excluding carboxylic acids is 1. The van der Waals surface area contributed by atoms with Crippen molar-refractivity contribution in [2.45, 2.75) is 32.2 Å². The highest BCUT2D eigenvalue weighted by Crippen LogP contribution is 2.16. The predicted octanol–water partition coefficient (Wildman–Crippen LogP) is 0.273. The zero-order valence-corrected chi connectivity index (χ0v) is 9.58. The van der Waals surface area contributed by atoms with Crippen molar-refractivity contribution in [3.05, 3.63) is 11.9 Å². The highest BCUT2D eigenvalue weighted by Gasteiger charge is 2.28. The minimum Gasteiger partial charge on any atom is -0.396 e. The lowest BCUT2D eigenvalue weighted by atomic mass is 9.93. The van der Waals surface area contributed by atoms with Crippen LogP contribution in [0.25, 0.3) is 0 Å². The fourth-order valence-corrected chi connectivity index (χ4v) is 1.47. The van der Waals surface area contributed by atoms with Gasteiger partial charge in [-0.15, -0.1) is 0 Å². The summed E-state index contributed by atoms with van der Waals surface area (Å²) >= 11 is 0. The number of nitrogens with two attached hydrogens (primary N) is 1. The first-order valence-corrected chi connectivity index (χ1v) is 5.30. The molecular weight excluding hydrogens is 208 g/mol. The van der Waals surface area contributed by atoms with E-state index in [-0.39, 0.29) is 18.2 Å². The Morgan fingerprint density at radius 1 is 1.62 bits per heavy atom. The molecule has 5 N–H and O–H groups in total.